The Kier molecular flexibility index (Phi) is 4.09. The number of aromatic nitrogens is 2. The van der Waals surface area contributed by atoms with Gasteiger partial charge in [0.05, 0.1) is 5.52 Å². The van der Waals surface area contributed by atoms with Gasteiger partial charge in [-0.1, -0.05) is 18.2 Å². The molecule has 4 N–H and O–H groups in total. The Hall–Kier alpha value is -2.90. The highest BCUT2D eigenvalue weighted by Crippen LogP contribution is 2.21. The topological polar surface area (TPSA) is 90.3 Å². The Balaban J connectivity index is 1.46. The minimum absolute atomic E-state index is 0.196. The van der Waals surface area contributed by atoms with E-state index < -0.39 is 0 Å². The quantitative estimate of drug-likeness (QED) is 0.635. The average molecular weight is 336 g/mol. The number of nitrogens with two attached hydrogens (primary N) is 1. The van der Waals surface area contributed by atoms with Crippen molar-refractivity contribution in [1.29, 1.82) is 0 Å². The molecular formula is C18H20N6O. The Morgan fingerprint density at radius 2 is 1.76 bits per heavy atom. The third-order valence-corrected chi connectivity index (χ3v) is 4.49. The summed E-state index contributed by atoms with van der Waals surface area (Å²) < 4.78 is 0. The maximum absolute atomic E-state index is 12.5. The van der Waals surface area contributed by atoms with E-state index in [0.717, 1.165) is 48.5 Å². The van der Waals surface area contributed by atoms with Gasteiger partial charge in [-0.3, -0.25) is 15.7 Å². The molecule has 1 aromatic heterocycles. The number of benzene rings is 2. The number of piperazine rings is 1. The highest BCUT2D eigenvalue weighted by atomic mass is 16.1. The third-order valence-electron chi connectivity index (χ3n) is 4.49. The van der Waals surface area contributed by atoms with Crippen molar-refractivity contribution < 1.29 is 4.79 Å². The summed E-state index contributed by atoms with van der Waals surface area (Å²) in [6, 6.07) is 15.4. The molecule has 2 aromatic carbocycles. The van der Waals surface area contributed by atoms with Gasteiger partial charge in [-0.25, -0.2) is 5.01 Å². The molecule has 128 valence electrons. The number of hydrogen-bond donors (Lipinski definition) is 3. The molecule has 0 unspecified atom stereocenters. The summed E-state index contributed by atoms with van der Waals surface area (Å²) in [5, 5.41) is 12.5. The molecular weight excluding hydrogens is 316 g/mol. The molecule has 1 aliphatic heterocycles. The minimum Gasteiger partial charge on any atom is -0.369 e. The first kappa shape index (κ1) is 15.6. The molecule has 7 nitrogen and oxygen atoms in total. The highest BCUT2D eigenvalue weighted by molar-refractivity contribution is 6.11. The standard InChI is InChI=1S/C18H20N6O/c19-24-11-9-23(10-12-24)14-7-5-13(6-8-14)20-18(25)17-15-3-1-2-4-16(15)21-22-17/h1-8H,9-12,19H2,(H,20,25)(H,21,22). The maximum atomic E-state index is 12.5. The number of carbonyl (C=O) groups excluding carboxylic acids is 1. The molecule has 1 saturated heterocycles. The number of aromatic amines is 1. The smallest absolute Gasteiger partial charge is 0.274 e. The van der Waals surface area contributed by atoms with Crippen LogP contribution in [0.1, 0.15) is 10.5 Å². The first-order valence-corrected chi connectivity index (χ1v) is 8.30. The largest absolute Gasteiger partial charge is 0.369 e. The first-order valence-electron chi connectivity index (χ1n) is 8.30. The predicted octanol–water partition coefficient (Wildman–Crippen LogP) is 1.81. The van der Waals surface area contributed by atoms with E-state index in [-0.39, 0.29) is 5.91 Å². The number of carbonyl (C=O) groups is 1. The summed E-state index contributed by atoms with van der Waals surface area (Å²) in [6.07, 6.45) is 0. The van der Waals surface area contributed by atoms with Gasteiger partial charge in [0.1, 0.15) is 5.69 Å². The van der Waals surface area contributed by atoms with Crippen molar-refractivity contribution in [3.05, 3.63) is 54.2 Å². The van der Waals surface area contributed by atoms with Crippen LogP contribution in [-0.4, -0.2) is 47.3 Å². The second-order valence-electron chi connectivity index (χ2n) is 6.14. The Morgan fingerprint density at radius 1 is 1.04 bits per heavy atom. The van der Waals surface area contributed by atoms with E-state index in [0.29, 0.717) is 5.69 Å². The van der Waals surface area contributed by atoms with E-state index in [9.17, 15) is 4.79 Å². The normalized spacial score (nSPS) is 15.5. The number of para-hydroxylation sites is 1. The molecule has 4 rings (SSSR count). The molecule has 1 fully saturated rings. The summed E-state index contributed by atoms with van der Waals surface area (Å²) in [5.74, 6) is 5.59. The van der Waals surface area contributed by atoms with Crippen LogP contribution in [0.2, 0.25) is 0 Å². The van der Waals surface area contributed by atoms with Crippen molar-refractivity contribution >= 4 is 28.2 Å². The van der Waals surface area contributed by atoms with E-state index in [1.165, 1.54) is 0 Å². The second kappa shape index (κ2) is 6.54. The molecule has 0 radical (unpaired) electrons. The van der Waals surface area contributed by atoms with Gasteiger partial charge in [-0.2, -0.15) is 5.10 Å². The number of rotatable bonds is 3. The summed E-state index contributed by atoms with van der Waals surface area (Å²) in [4.78, 5) is 14.8. The van der Waals surface area contributed by atoms with Crippen LogP contribution < -0.4 is 16.1 Å². The van der Waals surface area contributed by atoms with Gasteiger partial charge in [0.2, 0.25) is 0 Å². The molecule has 0 aliphatic carbocycles. The SMILES string of the molecule is NN1CCN(c2ccc(NC(=O)c3[nH]nc4ccccc34)cc2)CC1. The number of H-pyrrole nitrogens is 1. The molecule has 0 spiro atoms. The molecule has 0 bridgehead atoms. The van der Waals surface area contributed by atoms with Gasteiger partial charge in [0.25, 0.3) is 5.91 Å². The van der Waals surface area contributed by atoms with Gasteiger partial charge in [0, 0.05) is 42.9 Å². The van der Waals surface area contributed by atoms with Crippen LogP contribution in [0.3, 0.4) is 0 Å². The molecule has 1 amide bonds. The molecule has 1 aliphatic rings. The maximum Gasteiger partial charge on any atom is 0.274 e. The Labute approximate surface area is 145 Å². The number of hydrogen-bond acceptors (Lipinski definition) is 5. The minimum atomic E-state index is -0.196. The monoisotopic (exact) mass is 336 g/mol. The number of fused-ring (bicyclic) bond motifs is 1. The second-order valence-corrected chi connectivity index (χ2v) is 6.14. The van der Waals surface area contributed by atoms with E-state index in [2.05, 4.69) is 20.4 Å². The van der Waals surface area contributed by atoms with Crippen LogP contribution in [0.4, 0.5) is 11.4 Å². The number of amides is 1. The third kappa shape index (κ3) is 3.19. The van der Waals surface area contributed by atoms with Crippen LogP contribution in [-0.2, 0) is 0 Å². The zero-order chi connectivity index (χ0) is 17.2. The first-order chi connectivity index (χ1) is 12.2. The molecule has 0 saturated carbocycles. The van der Waals surface area contributed by atoms with Gasteiger partial charge >= 0.3 is 0 Å². The number of nitrogens with zero attached hydrogens (tertiary/aromatic N) is 3. The van der Waals surface area contributed by atoms with Gasteiger partial charge in [-0.15, -0.1) is 0 Å². The van der Waals surface area contributed by atoms with Crippen molar-refractivity contribution in [2.45, 2.75) is 0 Å². The fraction of sp³-hybridized carbons (Fsp3) is 0.222. The van der Waals surface area contributed by atoms with E-state index in [1.54, 1.807) is 0 Å². The summed E-state index contributed by atoms with van der Waals surface area (Å²) in [5.41, 5.74) is 3.14. The average Bonchev–Trinajstić information content (AvgIpc) is 3.07. The van der Waals surface area contributed by atoms with Gasteiger partial charge in [-0.05, 0) is 30.3 Å². The summed E-state index contributed by atoms with van der Waals surface area (Å²) in [6.45, 7) is 3.52. The summed E-state index contributed by atoms with van der Waals surface area (Å²) >= 11 is 0. The zero-order valence-electron chi connectivity index (χ0n) is 13.8. The van der Waals surface area contributed by atoms with Crippen molar-refractivity contribution in [2.75, 3.05) is 36.4 Å². The number of hydrazine groups is 1. The lowest BCUT2D eigenvalue weighted by atomic mass is 10.2. The van der Waals surface area contributed by atoms with Crippen molar-refractivity contribution in [1.82, 2.24) is 15.2 Å². The van der Waals surface area contributed by atoms with Crippen LogP contribution in [0.25, 0.3) is 10.9 Å². The van der Waals surface area contributed by atoms with Crippen molar-refractivity contribution in [3.8, 4) is 0 Å². The van der Waals surface area contributed by atoms with Crippen molar-refractivity contribution in [3.63, 3.8) is 0 Å². The fourth-order valence-corrected chi connectivity index (χ4v) is 3.06. The zero-order valence-corrected chi connectivity index (χ0v) is 13.8. The fourth-order valence-electron chi connectivity index (χ4n) is 3.06. The van der Waals surface area contributed by atoms with Crippen LogP contribution in [0.5, 0.6) is 0 Å². The molecule has 25 heavy (non-hydrogen) atoms. The van der Waals surface area contributed by atoms with E-state index in [1.807, 2.05) is 53.5 Å². The molecule has 2 heterocycles. The van der Waals surface area contributed by atoms with E-state index in [4.69, 9.17) is 5.84 Å². The van der Waals surface area contributed by atoms with Crippen LogP contribution >= 0.6 is 0 Å². The van der Waals surface area contributed by atoms with Crippen LogP contribution in [0.15, 0.2) is 48.5 Å². The summed E-state index contributed by atoms with van der Waals surface area (Å²) in [7, 11) is 0. The number of anilines is 2. The van der Waals surface area contributed by atoms with E-state index >= 15 is 0 Å². The highest BCUT2D eigenvalue weighted by Gasteiger charge is 2.16. The lowest BCUT2D eigenvalue weighted by Crippen LogP contribution is -2.49. The van der Waals surface area contributed by atoms with Crippen LogP contribution in [0, 0.1) is 0 Å². The Morgan fingerprint density at radius 3 is 2.52 bits per heavy atom. The number of nitrogens with one attached hydrogen (secondary N) is 2. The molecule has 0 atom stereocenters. The lowest BCUT2D eigenvalue weighted by molar-refractivity contribution is 0.102. The Bertz CT molecular complexity index is 880. The van der Waals surface area contributed by atoms with Crippen molar-refractivity contribution in [2.24, 2.45) is 5.84 Å². The van der Waals surface area contributed by atoms with Gasteiger partial charge in [0.15, 0.2) is 0 Å². The lowest BCUT2D eigenvalue weighted by Gasteiger charge is -2.33. The molecule has 7 heteroatoms. The molecule has 3 aromatic rings. The van der Waals surface area contributed by atoms with Gasteiger partial charge < -0.3 is 10.2 Å². The predicted molar refractivity (Wildman–Crippen MR) is 98.5 cm³/mol.